The number of alkyl halides is 5. The SMILES string of the molecule is O=C(O)c1nc(C(F)F)c(I)cc1OC(F)(F)F. The van der Waals surface area contributed by atoms with E-state index in [2.05, 4.69) is 9.72 Å². The fourth-order valence-corrected chi connectivity index (χ4v) is 1.63. The van der Waals surface area contributed by atoms with Gasteiger partial charge in [0.15, 0.2) is 11.4 Å². The first kappa shape index (κ1) is 14.9. The smallest absolute Gasteiger partial charge is 0.476 e. The summed E-state index contributed by atoms with van der Waals surface area (Å²) in [5.41, 5.74) is -2.13. The molecule has 0 spiro atoms. The van der Waals surface area contributed by atoms with Crippen LogP contribution < -0.4 is 4.74 Å². The Hall–Kier alpha value is -1.20. The number of carbonyl (C=O) groups is 1. The van der Waals surface area contributed by atoms with E-state index in [9.17, 15) is 26.7 Å². The van der Waals surface area contributed by atoms with Crippen molar-refractivity contribution in [3.8, 4) is 5.75 Å². The number of halogens is 6. The number of rotatable bonds is 3. The minimum atomic E-state index is -5.14. The van der Waals surface area contributed by atoms with E-state index in [0.29, 0.717) is 6.07 Å². The van der Waals surface area contributed by atoms with E-state index in [1.165, 1.54) is 22.6 Å². The van der Waals surface area contributed by atoms with Gasteiger partial charge in [-0.2, -0.15) is 0 Å². The van der Waals surface area contributed by atoms with Crippen LogP contribution in [-0.4, -0.2) is 22.4 Å². The number of nitrogens with zero attached hydrogens (tertiary/aromatic N) is 1. The first-order valence-electron chi connectivity index (χ1n) is 4.09. The summed E-state index contributed by atoms with van der Waals surface area (Å²) in [5, 5.41) is 8.60. The molecule has 100 valence electrons. The van der Waals surface area contributed by atoms with E-state index in [4.69, 9.17) is 5.11 Å². The van der Waals surface area contributed by atoms with E-state index in [1.807, 2.05) is 0 Å². The number of carboxylic acid groups (broad SMARTS) is 1. The first-order valence-corrected chi connectivity index (χ1v) is 5.17. The van der Waals surface area contributed by atoms with Crippen molar-refractivity contribution >= 4 is 28.6 Å². The van der Waals surface area contributed by atoms with Gasteiger partial charge in [-0.05, 0) is 28.7 Å². The van der Waals surface area contributed by atoms with Gasteiger partial charge in [0.2, 0.25) is 0 Å². The van der Waals surface area contributed by atoms with Crippen LogP contribution in [0.25, 0.3) is 0 Å². The Bertz CT molecular complexity index is 477. The van der Waals surface area contributed by atoms with Gasteiger partial charge in [0, 0.05) is 3.57 Å². The molecule has 0 aliphatic rings. The lowest BCUT2D eigenvalue weighted by Crippen LogP contribution is -2.20. The zero-order valence-corrected chi connectivity index (χ0v) is 10.3. The summed E-state index contributed by atoms with van der Waals surface area (Å²) in [6.07, 6.45) is -8.24. The number of aromatic carboxylic acids is 1. The lowest BCUT2D eigenvalue weighted by atomic mass is 10.3. The lowest BCUT2D eigenvalue weighted by Gasteiger charge is -2.12. The average molecular weight is 383 g/mol. The Morgan fingerprint density at radius 1 is 1.44 bits per heavy atom. The molecular weight excluding hydrogens is 380 g/mol. The zero-order valence-electron chi connectivity index (χ0n) is 8.13. The highest BCUT2D eigenvalue weighted by Gasteiger charge is 2.34. The van der Waals surface area contributed by atoms with Crippen LogP contribution >= 0.6 is 22.6 Å². The van der Waals surface area contributed by atoms with Crippen LogP contribution in [0.15, 0.2) is 6.07 Å². The molecular formula is C8H3F5INO3. The monoisotopic (exact) mass is 383 g/mol. The number of carboxylic acids is 1. The van der Waals surface area contributed by atoms with Crippen LogP contribution in [0.2, 0.25) is 0 Å². The number of aromatic nitrogens is 1. The van der Waals surface area contributed by atoms with E-state index >= 15 is 0 Å². The zero-order chi connectivity index (χ0) is 14.1. The summed E-state index contributed by atoms with van der Waals surface area (Å²) in [6.45, 7) is 0. The normalized spacial score (nSPS) is 11.7. The fourth-order valence-electron chi connectivity index (χ4n) is 0.995. The molecule has 0 bridgehead atoms. The van der Waals surface area contributed by atoms with Gasteiger partial charge in [-0.25, -0.2) is 18.6 Å². The maximum absolute atomic E-state index is 12.4. The molecule has 0 aliphatic carbocycles. The molecule has 0 atom stereocenters. The van der Waals surface area contributed by atoms with Crippen molar-refractivity contribution in [1.29, 1.82) is 0 Å². The summed E-state index contributed by atoms with van der Waals surface area (Å²) in [5.74, 6) is -3.03. The minimum absolute atomic E-state index is 0.327. The third kappa shape index (κ3) is 3.65. The van der Waals surface area contributed by atoms with Crippen molar-refractivity contribution in [2.45, 2.75) is 12.8 Å². The maximum atomic E-state index is 12.4. The molecule has 0 aliphatic heterocycles. The van der Waals surface area contributed by atoms with E-state index in [0.717, 1.165) is 0 Å². The molecule has 0 saturated heterocycles. The number of hydrogen-bond donors (Lipinski definition) is 1. The van der Waals surface area contributed by atoms with Crippen molar-refractivity contribution in [3.05, 3.63) is 21.0 Å². The summed E-state index contributed by atoms with van der Waals surface area (Å²) in [7, 11) is 0. The van der Waals surface area contributed by atoms with Gasteiger partial charge in [-0.15, -0.1) is 13.2 Å². The quantitative estimate of drug-likeness (QED) is 0.644. The van der Waals surface area contributed by atoms with Crippen molar-refractivity contribution < 1.29 is 36.6 Å². The molecule has 0 unspecified atom stereocenters. The predicted octanol–water partition coefficient (Wildman–Crippen LogP) is 3.22. The van der Waals surface area contributed by atoms with Gasteiger partial charge in [0.1, 0.15) is 5.69 Å². The lowest BCUT2D eigenvalue weighted by molar-refractivity contribution is -0.274. The molecule has 18 heavy (non-hydrogen) atoms. The summed E-state index contributed by atoms with van der Waals surface area (Å²) < 4.78 is 63.9. The van der Waals surface area contributed by atoms with Gasteiger partial charge in [-0.1, -0.05) is 0 Å². The molecule has 1 rings (SSSR count). The molecule has 1 aromatic heterocycles. The van der Waals surface area contributed by atoms with Crippen molar-refractivity contribution in [2.75, 3.05) is 0 Å². The highest BCUT2D eigenvalue weighted by molar-refractivity contribution is 14.1. The van der Waals surface area contributed by atoms with Crippen molar-refractivity contribution in [3.63, 3.8) is 0 Å². The third-order valence-corrected chi connectivity index (χ3v) is 2.47. The van der Waals surface area contributed by atoms with Crippen molar-refractivity contribution in [1.82, 2.24) is 4.98 Å². The van der Waals surface area contributed by atoms with Crippen molar-refractivity contribution in [2.24, 2.45) is 0 Å². The Labute approximate surface area is 110 Å². The molecule has 0 amide bonds. The third-order valence-electron chi connectivity index (χ3n) is 1.60. The van der Waals surface area contributed by atoms with Crippen LogP contribution in [0, 0.1) is 3.57 Å². The number of ether oxygens (including phenoxy) is 1. The number of pyridine rings is 1. The largest absolute Gasteiger partial charge is 0.573 e. The first-order chi connectivity index (χ1) is 8.11. The Morgan fingerprint density at radius 2 is 2.00 bits per heavy atom. The minimum Gasteiger partial charge on any atom is -0.476 e. The Morgan fingerprint density at radius 3 is 2.39 bits per heavy atom. The molecule has 0 saturated carbocycles. The molecule has 10 heteroatoms. The maximum Gasteiger partial charge on any atom is 0.573 e. The molecule has 0 radical (unpaired) electrons. The summed E-state index contributed by atoms with van der Waals surface area (Å²) >= 11 is 1.31. The number of hydrogen-bond acceptors (Lipinski definition) is 3. The molecule has 4 nitrogen and oxygen atoms in total. The van der Waals surface area contributed by atoms with Crippen LogP contribution in [0.5, 0.6) is 5.75 Å². The second-order valence-corrected chi connectivity index (χ2v) is 4.02. The second kappa shape index (κ2) is 5.20. The van der Waals surface area contributed by atoms with Gasteiger partial charge in [0.25, 0.3) is 6.43 Å². The van der Waals surface area contributed by atoms with Gasteiger partial charge in [0.05, 0.1) is 0 Å². The van der Waals surface area contributed by atoms with Gasteiger partial charge < -0.3 is 9.84 Å². The summed E-state index contributed by atoms with van der Waals surface area (Å²) in [6, 6.07) is 0.548. The van der Waals surface area contributed by atoms with Gasteiger partial charge >= 0.3 is 12.3 Å². The Balaban J connectivity index is 3.34. The van der Waals surface area contributed by atoms with Gasteiger partial charge in [-0.3, -0.25) is 0 Å². The molecule has 1 heterocycles. The van der Waals surface area contributed by atoms with E-state index < -0.39 is 35.9 Å². The topological polar surface area (TPSA) is 59.4 Å². The molecule has 1 N–H and O–H groups in total. The molecule has 1 aromatic rings. The van der Waals surface area contributed by atoms with Crippen LogP contribution in [-0.2, 0) is 0 Å². The second-order valence-electron chi connectivity index (χ2n) is 2.86. The van der Waals surface area contributed by atoms with Crippen LogP contribution in [0.3, 0.4) is 0 Å². The van der Waals surface area contributed by atoms with E-state index in [1.54, 1.807) is 0 Å². The fraction of sp³-hybridized carbons (Fsp3) is 0.250. The predicted molar refractivity (Wildman–Crippen MR) is 55.6 cm³/mol. The van der Waals surface area contributed by atoms with Crippen LogP contribution in [0.4, 0.5) is 22.0 Å². The van der Waals surface area contributed by atoms with Crippen LogP contribution in [0.1, 0.15) is 22.6 Å². The summed E-state index contributed by atoms with van der Waals surface area (Å²) in [4.78, 5) is 13.6. The molecule has 0 aromatic carbocycles. The Kier molecular flexibility index (Phi) is 4.29. The average Bonchev–Trinajstić information content (AvgIpc) is 2.13. The highest BCUT2D eigenvalue weighted by atomic mass is 127. The highest BCUT2D eigenvalue weighted by Crippen LogP contribution is 2.31. The standard InChI is InChI=1S/C8H3F5INO3/c9-6(10)4-2(14)1-3(18-8(11,12)13)5(15-4)7(16)17/h1,6H,(H,16,17). The molecule has 0 fully saturated rings. The van der Waals surface area contributed by atoms with E-state index in [-0.39, 0.29) is 3.57 Å².